The van der Waals surface area contributed by atoms with Gasteiger partial charge in [0.2, 0.25) is 0 Å². The Kier molecular flexibility index (Phi) is 3.16. The van der Waals surface area contributed by atoms with Crippen molar-refractivity contribution in [2.75, 3.05) is 13.2 Å². The number of aromatic amines is 1. The summed E-state index contributed by atoms with van der Waals surface area (Å²) in [5.41, 5.74) is 3.92. The number of aromatic nitrogens is 2. The molecule has 2 atom stereocenters. The van der Waals surface area contributed by atoms with E-state index in [4.69, 9.17) is 14.5 Å². The molecule has 0 amide bonds. The second kappa shape index (κ2) is 5.17. The van der Waals surface area contributed by atoms with Gasteiger partial charge in [-0.2, -0.15) is 0 Å². The third-order valence-corrected chi connectivity index (χ3v) is 6.41. The fraction of sp³-hybridized carbons (Fsp3) is 0.550. The van der Waals surface area contributed by atoms with Crippen molar-refractivity contribution in [2.45, 2.75) is 50.2 Å². The Morgan fingerprint density at radius 3 is 2.71 bits per heavy atom. The summed E-state index contributed by atoms with van der Waals surface area (Å²) in [6.45, 7) is 3.89. The third-order valence-electron chi connectivity index (χ3n) is 6.41. The summed E-state index contributed by atoms with van der Waals surface area (Å²) in [4.78, 5) is 8.65. The molecule has 1 saturated heterocycles. The van der Waals surface area contributed by atoms with Crippen molar-refractivity contribution >= 4 is 0 Å². The van der Waals surface area contributed by atoms with Crippen LogP contribution in [0.4, 0.5) is 0 Å². The number of H-pyrrole nitrogens is 1. The molecule has 1 aromatic carbocycles. The van der Waals surface area contributed by atoms with E-state index in [2.05, 4.69) is 36.2 Å². The highest BCUT2D eigenvalue weighted by atomic mass is 16.7. The van der Waals surface area contributed by atoms with Crippen LogP contribution in [-0.4, -0.2) is 29.0 Å². The maximum Gasteiger partial charge on any atom is 0.168 e. The molecule has 0 radical (unpaired) electrons. The van der Waals surface area contributed by atoms with Gasteiger partial charge in [0.1, 0.15) is 5.82 Å². The third kappa shape index (κ3) is 2.09. The van der Waals surface area contributed by atoms with Gasteiger partial charge in [-0.3, -0.25) is 0 Å². The molecule has 4 heteroatoms. The predicted octanol–water partition coefficient (Wildman–Crippen LogP) is 3.82. The molecule has 2 aliphatic carbocycles. The van der Waals surface area contributed by atoms with Crippen LogP contribution in [0.3, 0.4) is 0 Å². The molecule has 0 bridgehead atoms. The summed E-state index contributed by atoms with van der Waals surface area (Å²) >= 11 is 0. The lowest BCUT2D eigenvalue weighted by Crippen LogP contribution is -2.49. The molecule has 2 aromatic rings. The molecule has 1 saturated carbocycles. The molecule has 2 unspecified atom stereocenters. The summed E-state index contributed by atoms with van der Waals surface area (Å²) in [6.07, 6.45) is 5.34. The molecular weight excluding hydrogens is 300 g/mol. The average molecular weight is 324 g/mol. The molecule has 5 rings (SSSR count). The van der Waals surface area contributed by atoms with Gasteiger partial charge < -0.3 is 14.5 Å². The summed E-state index contributed by atoms with van der Waals surface area (Å²) in [5.74, 6) is 1.29. The Morgan fingerprint density at radius 1 is 1.12 bits per heavy atom. The van der Waals surface area contributed by atoms with Crippen LogP contribution in [-0.2, 0) is 21.3 Å². The van der Waals surface area contributed by atoms with E-state index in [1.165, 1.54) is 23.4 Å². The number of aryl methyl sites for hydroxylation is 1. The molecule has 1 spiro atoms. The minimum absolute atomic E-state index is 0.137. The summed E-state index contributed by atoms with van der Waals surface area (Å²) < 4.78 is 12.0. The first-order valence-electron chi connectivity index (χ1n) is 9.11. The SMILES string of the molecule is CC12CCC3(CC1CCc1[nH]c(-c4ccccc4)nc12)OCCO3. The minimum Gasteiger partial charge on any atom is -0.348 e. The highest BCUT2D eigenvalue weighted by molar-refractivity contribution is 5.56. The Balaban J connectivity index is 1.50. The number of ether oxygens (including phenoxy) is 2. The van der Waals surface area contributed by atoms with Gasteiger partial charge in [0, 0.05) is 29.5 Å². The number of nitrogens with one attached hydrogen (secondary N) is 1. The van der Waals surface area contributed by atoms with E-state index >= 15 is 0 Å². The van der Waals surface area contributed by atoms with E-state index in [0.29, 0.717) is 5.92 Å². The van der Waals surface area contributed by atoms with Crippen molar-refractivity contribution in [3.05, 3.63) is 41.7 Å². The van der Waals surface area contributed by atoms with Crippen LogP contribution in [0.2, 0.25) is 0 Å². The van der Waals surface area contributed by atoms with Crippen LogP contribution >= 0.6 is 0 Å². The Labute approximate surface area is 142 Å². The fourth-order valence-electron chi connectivity index (χ4n) is 4.96. The van der Waals surface area contributed by atoms with E-state index in [1.54, 1.807) is 0 Å². The normalized spacial score (nSPS) is 31.0. The van der Waals surface area contributed by atoms with Crippen molar-refractivity contribution in [3.8, 4) is 11.4 Å². The van der Waals surface area contributed by atoms with Gasteiger partial charge in [-0.25, -0.2) is 4.98 Å². The largest absolute Gasteiger partial charge is 0.348 e. The highest BCUT2D eigenvalue weighted by Gasteiger charge is 2.53. The smallest absolute Gasteiger partial charge is 0.168 e. The first kappa shape index (κ1) is 14.7. The standard InChI is InChI=1S/C20H24N2O2/c1-19-9-10-20(23-11-12-24-20)13-15(19)7-8-16-17(19)22-18(21-16)14-5-3-2-4-6-14/h2-6,15H,7-13H2,1H3,(H,21,22). The maximum atomic E-state index is 5.99. The van der Waals surface area contributed by atoms with Crippen LogP contribution in [0.5, 0.6) is 0 Å². The molecule has 126 valence electrons. The lowest BCUT2D eigenvalue weighted by molar-refractivity contribution is -0.199. The summed E-state index contributed by atoms with van der Waals surface area (Å²) in [5, 5.41) is 0. The monoisotopic (exact) mass is 324 g/mol. The van der Waals surface area contributed by atoms with Crippen LogP contribution in [0, 0.1) is 5.92 Å². The fourth-order valence-corrected chi connectivity index (χ4v) is 4.96. The van der Waals surface area contributed by atoms with Gasteiger partial charge in [0.25, 0.3) is 0 Å². The first-order chi connectivity index (χ1) is 11.7. The molecule has 1 N–H and O–H groups in total. The van der Waals surface area contributed by atoms with Crippen LogP contribution in [0.1, 0.15) is 44.0 Å². The zero-order valence-corrected chi connectivity index (χ0v) is 14.2. The second-order valence-electron chi connectivity index (χ2n) is 7.74. The number of fused-ring (bicyclic) bond motifs is 3. The lowest BCUT2D eigenvalue weighted by atomic mass is 9.59. The number of rotatable bonds is 1. The minimum atomic E-state index is -0.305. The van der Waals surface area contributed by atoms with Crippen molar-refractivity contribution in [3.63, 3.8) is 0 Å². The zero-order chi connectivity index (χ0) is 16.2. The van der Waals surface area contributed by atoms with E-state index in [0.717, 1.165) is 44.7 Å². The molecule has 24 heavy (non-hydrogen) atoms. The number of benzene rings is 1. The topological polar surface area (TPSA) is 47.1 Å². The average Bonchev–Trinajstić information content (AvgIpc) is 3.25. The van der Waals surface area contributed by atoms with Crippen LogP contribution < -0.4 is 0 Å². The molecule has 1 aromatic heterocycles. The van der Waals surface area contributed by atoms with Crippen LogP contribution in [0.25, 0.3) is 11.4 Å². The Bertz CT molecular complexity index is 748. The predicted molar refractivity (Wildman–Crippen MR) is 91.7 cm³/mol. The van der Waals surface area contributed by atoms with Gasteiger partial charge in [0.15, 0.2) is 5.79 Å². The number of hydrogen-bond acceptors (Lipinski definition) is 3. The molecular formula is C20H24N2O2. The van der Waals surface area contributed by atoms with E-state index < -0.39 is 0 Å². The number of imidazole rings is 1. The summed E-state index contributed by atoms with van der Waals surface area (Å²) in [7, 11) is 0. The second-order valence-corrected chi connectivity index (χ2v) is 7.74. The van der Waals surface area contributed by atoms with Crippen molar-refractivity contribution in [2.24, 2.45) is 5.92 Å². The van der Waals surface area contributed by atoms with Gasteiger partial charge in [-0.1, -0.05) is 37.3 Å². The van der Waals surface area contributed by atoms with Crippen LogP contribution in [0.15, 0.2) is 30.3 Å². The highest BCUT2D eigenvalue weighted by Crippen LogP contribution is 2.53. The van der Waals surface area contributed by atoms with Gasteiger partial charge in [0.05, 0.1) is 18.9 Å². The van der Waals surface area contributed by atoms with E-state index in [1.807, 2.05) is 6.07 Å². The molecule has 3 aliphatic rings. The Morgan fingerprint density at radius 2 is 1.92 bits per heavy atom. The number of hydrogen-bond donors (Lipinski definition) is 1. The first-order valence-corrected chi connectivity index (χ1v) is 9.11. The van der Waals surface area contributed by atoms with Crippen molar-refractivity contribution in [1.82, 2.24) is 9.97 Å². The van der Waals surface area contributed by atoms with Gasteiger partial charge in [-0.15, -0.1) is 0 Å². The quantitative estimate of drug-likeness (QED) is 0.867. The lowest BCUT2D eigenvalue weighted by Gasteiger charge is -2.49. The molecule has 1 aliphatic heterocycles. The Hall–Kier alpha value is -1.65. The van der Waals surface area contributed by atoms with E-state index in [-0.39, 0.29) is 11.2 Å². The molecule has 2 fully saturated rings. The van der Waals surface area contributed by atoms with E-state index in [9.17, 15) is 0 Å². The zero-order valence-electron chi connectivity index (χ0n) is 14.2. The number of nitrogens with zero attached hydrogens (tertiary/aromatic N) is 1. The van der Waals surface area contributed by atoms with Crippen molar-refractivity contribution < 1.29 is 9.47 Å². The van der Waals surface area contributed by atoms with Gasteiger partial charge >= 0.3 is 0 Å². The van der Waals surface area contributed by atoms with Crippen molar-refractivity contribution in [1.29, 1.82) is 0 Å². The molecule has 4 nitrogen and oxygen atoms in total. The maximum absolute atomic E-state index is 5.99. The van der Waals surface area contributed by atoms with Gasteiger partial charge in [-0.05, 0) is 25.2 Å². The molecule has 2 heterocycles. The summed E-state index contributed by atoms with van der Waals surface area (Å²) in [6, 6.07) is 10.4.